The van der Waals surface area contributed by atoms with Crippen LogP contribution in [0.25, 0.3) is 0 Å². The highest BCUT2D eigenvalue weighted by atomic mass is 35.5. The average Bonchev–Trinajstić information content (AvgIpc) is 2.51. The van der Waals surface area contributed by atoms with Crippen molar-refractivity contribution in [2.45, 2.75) is 13.5 Å². The number of halogens is 1. The highest BCUT2D eigenvalue weighted by Gasteiger charge is 2.15. The fourth-order valence-electron chi connectivity index (χ4n) is 2.34. The number of rotatable bonds is 6. The average molecular weight is 327 g/mol. The van der Waals surface area contributed by atoms with Crippen LogP contribution >= 0.6 is 11.6 Å². The maximum Gasteiger partial charge on any atom is 0.229 e. The molecule has 1 heterocycles. The molecule has 1 aliphatic rings. The number of amides is 1. The molecule has 1 aromatic rings. The number of nitrogens with zero attached hydrogens (tertiary/aromatic N) is 1. The number of ether oxygens (including phenoxy) is 2. The summed E-state index contributed by atoms with van der Waals surface area (Å²) in [4.78, 5) is 14.3. The summed E-state index contributed by atoms with van der Waals surface area (Å²) in [5.41, 5.74) is 1.77. The lowest BCUT2D eigenvalue weighted by molar-refractivity contribution is -0.120. The third-order valence-corrected chi connectivity index (χ3v) is 4.03. The summed E-state index contributed by atoms with van der Waals surface area (Å²) < 4.78 is 10.3. The standard InChI is InChI=1S/C16H23ClN2O3/c1-12(11-21-2)16(20)18-14-4-3-13(15(17)9-14)10-19-5-7-22-8-6-19/h3-4,9,12H,5-8,10-11H2,1-2H3,(H,18,20). The van der Waals surface area contributed by atoms with Gasteiger partial charge < -0.3 is 14.8 Å². The first-order chi connectivity index (χ1) is 10.6. The highest BCUT2D eigenvalue weighted by Crippen LogP contribution is 2.23. The lowest BCUT2D eigenvalue weighted by Gasteiger charge is -2.27. The second-order valence-electron chi connectivity index (χ2n) is 5.54. The van der Waals surface area contributed by atoms with Gasteiger partial charge in [-0.25, -0.2) is 0 Å². The Hall–Kier alpha value is -1.14. The van der Waals surface area contributed by atoms with Crippen LogP contribution in [-0.2, 0) is 20.8 Å². The number of hydrogen-bond donors (Lipinski definition) is 1. The number of methoxy groups -OCH3 is 1. The van der Waals surface area contributed by atoms with Crippen molar-refractivity contribution in [2.24, 2.45) is 5.92 Å². The Bertz CT molecular complexity index is 504. The zero-order valence-electron chi connectivity index (χ0n) is 13.1. The number of nitrogens with one attached hydrogen (secondary N) is 1. The van der Waals surface area contributed by atoms with E-state index in [2.05, 4.69) is 10.2 Å². The number of carbonyl (C=O) groups is 1. The molecule has 0 aromatic heterocycles. The van der Waals surface area contributed by atoms with Crippen LogP contribution < -0.4 is 5.32 Å². The van der Waals surface area contributed by atoms with Crippen molar-refractivity contribution in [3.8, 4) is 0 Å². The Morgan fingerprint density at radius 3 is 2.82 bits per heavy atom. The quantitative estimate of drug-likeness (QED) is 0.872. The molecule has 0 bridgehead atoms. The zero-order valence-corrected chi connectivity index (χ0v) is 13.9. The Balaban J connectivity index is 1.95. The SMILES string of the molecule is COCC(C)C(=O)Nc1ccc(CN2CCOCC2)c(Cl)c1. The van der Waals surface area contributed by atoms with Gasteiger partial charge in [0.1, 0.15) is 0 Å². The molecular formula is C16H23ClN2O3. The summed E-state index contributed by atoms with van der Waals surface area (Å²) in [7, 11) is 1.58. The van der Waals surface area contributed by atoms with Gasteiger partial charge in [-0.3, -0.25) is 9.69 Å². The molecule has 1 unspecified atom stereocenters. The monoisotopic (exact) mass is 326 g/mol. The fourth-order valence-corrected chi connectivity index (χ4v) is 2.58. The lowest BCUT2D eigenvalue weighted by Crippen LogP contribution is -2.35. The highest BCUT2D eigenvalue weighted by molar-refractivity contribution is 6.31. The molecule has 0 saturated carbocycles. The second kappa shape index (κ2) is 8.48. The summed E-state index contributed by atoms with van der Waals surface area (Å²) in [5, 5.41) is 3.53. The van der Waals surface area contributed by atoms with Crippen molar-refractivity contribution in [2.75, 3.05) is 45.3 Å². The van der Waals surface area contributed by atoms with E-state index in [0.29, 0.717) is 17.3 Å². The topological polar surface area (TPSA) is 50.8 Å². The Morgan fingerprint density at radius 2 is 2.18 bits per heavy atom. The predicted molar refractivity (Wildman–Crippen MR) is 87.2 cm³/mol. The zero-order chi connectivity index (χ0) is 15.9. The van der Waals surface area contributed by atoms with E-state index in [0.717, 1.165) is 38.4 Å². The van der Waals surface area contributed by atoms with Crippen LogP contribution in [0.3, 0.4) is 0 Å². The molecule has 1 saturated heterocycles. The molecule has 1 amide bonds. The third-order valence-electron chi connectivity index (χ3n) is 3.68. The molecule has 2 rings (SSSR count). The summed E-state index contributed by atoms with van der Waals surface area (Å²) in [5.74, 6) is -0.268. The van der Waals surface area contributed by atoms with Crippen molar-refractivity contribution in [3.05, 3.63) is 28.8 Å². The lowest BCUT2D eigenvalue weighted by atomic mass is 10.1. The molecule has 0 radical (unpaired) electrons. The van der Waals surface area contributed by atoms with E-state index in [1.54, 1.807) is 13.2 Å². The van der Waals surface area contributed by atoms with Crippen LogP contribution in [-0.4, -0.2) is 50.8 Å². The van der Waals surface area contributed by atoms with Crippen molar-refractivity contribution >= 4 is 23.2 Å². The maximum atomic E-state index is 12.0. The number of morpholine rings is 1. The molecule has 1 N–H and O–H groups in total. The maximum absolute atomic E-state index is 12.0. The van der Waals surface area contributed by atoms with Crippen molar-refractivity contribution in [1.82, 2.24) is 4.90 Å². The van der Waals surface area contributed by atoms with Crippen molar-refractivity contribution in [3.63, 3.8) is 0 Å². The van der Waals surface area contributed by atoms with Crippen LogP contribution in [0.5, 0.6) is 0 Å². The van der Waals surface area contributed by atoms with Crippen LogP contribution in [0.2, 0.25) is 5.02 Å². The van der Waals surface area contributed by atoms with E-state index >= 15 is 0 Å². The number of carbonyl (C=O) groups excluding carboxylic acids is 1. The number of hydrogen-bond acceptors (Lipinski definition) is 4. The normalized spacial score (nSPS) is 17.2. The molecule has 6 heteroatoms. The van der Waals surface area contributed by atoms with Crippen LogP contribution in [0.15, 0.2) is 18.2 Å². The smallest absolute Gasteiger partial charge is 0.229 e. The fraction of sp³-hybridized carbons (Fsp3) is 0.562. The summed E-state index contributed by atoms with van der Waals surface area (Å²) in [6, 6.07) is 5.65. The van der Waals surface area contributed by atoms with Gasteiger partial charge in [0.05, 0.1) is 25.7 Å². The van der Waals surface area contributed by atoms with E-state index in [9.17, 15) is 4.79 Å². The first-order valence-electron chi connectivity index (χ1n) is 7.48. The minimum atomic E-state index is -0.197. The van der Waals surface area contributed by atoms with Crippen molar-refractivity contribution < 1.29 is 14.3 Å². The summed E-state index contributed by atoms with van der Waals surface area (Å²) >= 11 is 6.34. The Labute approximate surface area is 136 Å². The van der Waals surface area contributed by atoms with E-state index < -0.39 is 0 Å². The Morgan fingerprint density at radius 1 is 1.45 bits per heavy atom. The van der Waals surface area contributed by atoms with E-state index in [1.807, 2.05) is 19.1 Å². The van der Waals surface area contributed by atoms with Gasteiger partial charge in [0.2, 0.25) is 5.91 Å². The second-order valence-corrected chi connectivity index (χ2v) is 5.95. The van der Waals surface area contributed by atoms with Crippen LogP contribution in [0, 0.1) is 5.92 Å². The first-order valence-corrected chi connectivity index (χ1v) is 7.86. The van der Waals surface area contributed by atoms with Gasteiger partial charge in [-0.2, -0.15) is 0 Å². The van der Waals surface area contributed by atoms with Crippen molar-refractivity contribution in [1.29, 1.82) is 0 Å². The molecule has 22 heavy (non-hydrogen) atoms. The Kier molecular flexibility index (Phi) is 6.64. The molecular weight excluding hydrogens is 304 g/mol. The minimum absolute atomic E-state index is 0.0705. The van der Waals surface area contributed by atoms with Gasteiger partial charge in [0.15, 0.2) is 0 Å². The largest absolute Gasteiger partial charge is 0.384 e. The molecule has 0 spiro atoms. The van der Waals surface area contributed by atoms with Crippen LogP contribution in [0.4, 0.5) is 5.69 Å². The third kappa shape index (κ3) is 4.95. The predicted octanol–water partition coefficient (Wildman–Crippen LogP) is 2.39. The van der Waals surface area contributed by atoms with E-state index in [4.69, 9.17) is 21.1 Å². The molecule has 1 atom stereocenters. The van der Waals surface area contributed by atoms with Gasteiger partial charge in [-0.1, -0.05) is 24.6 Å². The number of anilines is 1. The molecule has 0 aliphatic carbocycles. The van der Waals surface area contributed by atoms with Gasteiger partial charge in [0, 0.05) is 37.5 Å². The molecule has 122 valence electrons. The first kappa shape index (κ1) is 17.2. The summed E-state index contributed by atoms with van der Waals surface area (Å²) in [6.07, 6.45) is 0. The van der Waals surface area contributed by atoms with Gasteiger partial charge in [-0.05, 0) is 17.7 Å². The molecule has 5 nitrogen and oxygen atoms in total. The van der Waals surface area contributed by atoms with Gasteiger partial charge >= 0.3 is 0 Å². The summed E-state index contributed by atoms with van der Waals surface area (Å²) in [6.45, 7) is 6.40. The minimum Gasteiger partial charge on any atom is -0.384 e. The molecule has 1 aromatic carbocycles. The molecule has 1 fully saturated rings. The van der Waals surface area contributed by atoms with Gasteiger partial charge in [0.25, 0.3) is 0 Å². The van der Waals surface area contributed by atoms with E-state index in [1.165, 1.54) is 0 Å². The van der Waals surface area contributed by atoms with Crippen LogP contribution in [0.1, 0.15) is 12.5 Å². The van der Waals surface area contributed by atoms with E-state index in [-0.39, 0.29) is 11.8 Å². The number of benzene rings is 1. The van der Waals surface area contributed by atoms with Gasteiger partial charge in [-0.15, -0.1) is 0 Å². The molecule has 1 aliphatic heterocycles.